The molecule has 0 aromatic heterocycles. The standard InChI is InChI=1S/C6H5BFN.2H2O/c7-4-1-2-5(8)6(9)3-4;;/h1-3H,9H2;2*1H2/q+2;;/p-2. The molecule has 0 fully saturated rings. The molecule has 5 heteroatoms. The summed E-state index contributed by atoms with van der Waals surface area (Å²) in [6, 6.07) is 4.09. The monoisotopic (exact) mass is 155 g/mol. The number of hydrogen-bond donors (Lipinski definition) is 1. The molecule has 0 spiro atoms. The van der Waals surface area contributed by atoms with Crippen LogP contribution in [0.2, 0.25) is 0 Å². The fourth-order valence-electron chi connectivity index (χ4n) is 0.562. The first-order chi connectivity index (χ1) is 4.20. The SMILES string of the molecule is [B+2]c1ccc(F)c(N)c1.[OH-].[OH-]. The molecule has 1 aromatic rings. The largest absolute Gasteiger partial charge is 0.870 e. The smallest absolute Gasteiger partial charge is 0.870 e. The fourth-order valence-corrected chi connectivity index (χ4v) is 0.562. The molecule has 0 aliphatic carbocycles. The van der Waals surface area contributed by atoms with E-state index in [0.29, 0.717) is 5.46 Å². The van der Waals surface area contributed by atoms with Gasteiger partial charge in [-0.2, -0.15) is 0 Å². The van der Waals surface area contributed by atoms with Gasteiger partial charge in [0.15, 0.2) is 0 Å². The average Bonchev–Trinajstić information content (AvgIpc) is 1.80. The van der Waals surface area contributed by atoms with Crippen molar-refractivity contribution in [2.24, 2.45) is 0 Å². The van der Waals surface area contributed by atoms with E-state index in [1.807, 2.05) is 0 Å². The van der Waals surface area contributed by atoms with E-state index in [1.165, 1.54) is 18.2 Å². The summed E-state index contributed by atoms with van der Waals surface area (Å²) in [6.45, 7) is 0. The summed E-state index contributed by atoms with van der Waals surface area (Å²) in [6.07, 6.45) is 0. The van der Waals surface area contributed by atoms with Crippen LogP contribution in [0.3, 0.4) is 0 Å². The van der Waals surface area contributed by atoms with E-state index >= 15 is 0 Å². The van der Waals surface area contributed by atoms with Crippen molar-refractivity contribution in [1.82, 2.24) is 0 Å². The first kappa shape index (κ1) is 12.6. The molecule has 0 radical (unpaired) electrons. The molecule has 0 heterocycles. The third kappa shape index (κ3) is 3.02. The summed E-state index contributed by atoms with van der Waals surface area (Å²) in [4.78, 5) is 0. The van der Waals surface area contributed by atoms with Crippen molar-refractivity contribution in [1.29, 1.82) is 0 Å². The normalized spacial score (nSPS) is 7.91. The third-order valence-corrected chi connectivity index (χ3v) is 1.02. The van der Waals surface area contributed by atoms with E-state index < -0.39 is 5.82 Å². The number of benzene rings is 1. The molecule has 1 aromatic carbocycles. The first-order valence-electron chi connectivity index (χ1n) is 2.50. The molecule has 0 aliphatic heterocycles. The Labute approximate surface area is 65.1 Å². The van der Waals surface area contributed by atoms with Crippen LogP contribution in [0.1, 0.15) is 0 Å². The van der Waals surface area contributed by atoms with Crippen LogP contribution < -0.4 is 11.2 Å². The summed E-state index contributed by atoms with van der Waals surface area (Å²) >= 11 is 0. The molecule has 58 valence electrons. The second-order valence-corrected chi connectivity index (χ2v) is 1.78. The van der Waals surface area contributed by atoms with Crippen LogP contribution in [0.4, 0.5) is 10.1 Å². The Morgan fingerprint density at radius 2 is 1.82 bits per heavy atom. The van der Waals surface area contributed by atoms with Gasteiger partial charge in [0.25, 0.3) is 0 Å². The molecule has 1 rings (SSSR count). The summed E-state index contributed by atoms with van der Waals surface area (Å²) in [7, 11) is 5.28. The Kier molecular flexibility index (Phi) is 5.39. The zero-order valence-electron chi connectivity index (χ0n) is 5.66. The van der Waals surface area contributed by atoms with Gasteiger partial charge in [0, 0.05) is 0 Å². The Balaban J connectivity index is 0. The van der Waals surface area contributed by atoms with Gasteiger partial charge < -0.3 is 11.0 Å². The molecule has 4 N–H and O–H groups in total. The number of hydrogen-bond acceptors (Lipinski definition) is 3. The van der Waals surface area contributed by atoms with Crippen molar-refractivity contribution in [2.75, 3.05) is 5.73 Å². The molecular formula is C6H7BFNO2. The minimum absolute atomic E-state index is 0. The number of rotatable bonds is 0. The van der Waals surface area contributed by atoms with Gasteiger partial charge >= 0.3 is 53.1 Å². The molecule has 0 amide bonds. The predicted molar refractivity (Wildman–Crippen MR) is 40.1 cm³/mol. The topological polar surface area (TPSA) is 86.0 Å². The van der Waals surface area contributed by atoms with Crippen LogP contribution in [-0.2, 0) is 0 Å². The molecule has 0 aliphatic rings. The maximum Gasteiger partial charge on any atom is -0.870 e. The minimum Gasteiger partial charge on any atom is -0.870 e. The molecule has 11 heavy (non-hydrogen) atoms. The van der Waals surface area contributed by atoms with Crippen molar-refractivity contribution in [2.45, 2.75) is 0 Å². The van der Waals surface area contributed by atoms with E-state index in [-0.39, 0.29) is 16.6 Å². The van der Waals surface area contributed by atoms with E-state index in [2.05, 4.69) is 0 Å². The predicted octanol–water partition coefficient (Wildman–Crippen LogP) is -0.152. The van der Waals surface area contributed by atoms with Gasteiger partial charge in [0.2, 0.25) is 0 Å². The van der Waals surface area contributed by atoms with Gasteiger partial charge in [-0.05, 0) is 0 Å². The van der Waals surface area contributed by atoms with E-state index in [9.17, 15) is 4.39 Å². The molecule has 0 atom stereocenters. The second-order valence-electron chi connectivity index (χ2n) is 1.78. The Morgan fingerprint density at radius 3 is 2.18 bits per heavy atom. The van der Waals surface area contributed by atoms with E-state index in [4.69, 9.17) is 13.6 Å². The van der Waals surface area contributed by atoms with Crippen LogP contribution in [0.5, 0.6) is 0 Å². The average molecular weight is 155 g/mol. The van der Waals surface area contributed by atoms with Crippen molar-refractivity contribution >= 4 is 19.0 Å². The van der Waals surface area contributed by atoms with Gasteiger partial charge in [0.1, 0.15) is 0 Å². The molecule has 0 unspecified atom stereocenters. The van der Waals surface area contributed by atoms with Crippen molar-refractivity contribution in [3.05, 3.63) is 24.0 Å². The van der Waals surface area contributed by atoms with Crippen molar-refractivity contribution in [3.8, 4) is 0 Å². The van der Waals surface area contributed by atoms with Crippen LogP contribution >= 0.6 is 0 Å². The number of nitrogens with two attached hydrogens (primary N) is 1. The Morgan fingerprint density at radius 1 is 1.27 bits per heavy atom. The molecule has 0 saturated carbocycles. The molecule has 3 nitrogen and oxygen atoms in total. The van der Waals surface area contributed by atoms with Gasteiger partial charge in [0.05, 0.1) is 0 Å². The van der Waals surface area contributed by atoms with Gasteiger partial charge in [-0.3, -0.25) is 0 Å². The summed E-state index contributed by atoms with van der Waals surface area (Å²) in [5.41, 5.74) is 5.74. The van der Waals surface area contributed by atoms with Crippen LogP contribution in [0, 0.1) is 5.82 Å². The Hall–Kier alpha value is -1.07. The van der Waals surface area contributed by atoms with Crippen LogP contribution in [0.15, 0.2) is 18.2 Å². The van der Waals surface area contributed by atoms with Crippen molar-refractivity contribution in [3.63, 3.8) is 0 Å². The zero-order valence-corrected chi connectivity index (χ0v) is 5.66. The molecule has 0 bridgehead atoms. The molecule has 0 saturated heterocycles. The summed E-state index contributed by atoms with van der Waals surface area (Å²) in [5, 5.41) is 0. The maximum absolute atomic E-state index is 12.3. The zero-order chi connectivity index (χ0) is 6.85. The van der Waals surface area contributed by atoms with Gasteiger partial charge in [-0.15, -0.1) is 0 Å². The fraction of sp³-hybridized carbons (Fsp3) is 0. The summed E-state index contributed by atoms with van der Waals surface area (Å²) < 4.78 is 12.3. The Bertz CT molecular complexity index is 232. The van der Waals surface area contributed by atoms with E-state index in [0.717, 1.165) is 0 Å². The van der Waals surface area contributed by atoms with E-state index in [1.54, 1.807) is 0 Å². The van der Waals surface area contributed by atoms with Gasteiger partial charge in [-0.1, -0.05) is 0 Å². The number of halogens is 1. The quantitative estimate of drug-likeness (QED) is 0.417. The number of anilines is 1. The van der Waals surface area contributed by atoms with Crippen molar-refractivity contribution < 1.29 is 15.3 Å². The van der Waals surface area contributed by atoms with Crippen LogP contribution in [-0.4, -0.2) is 18.8 Å². The summed E-state index contributed by atoms with van der Waals surface area (Å²) in [5.74, 6) is -0.427. The third-order valence-electron chi connectivity index (χ3n) is 1.02. The maximum atomic E-state index is 12.3. The first-order valence-corrected chi connectivity index (χ1v) is 2.50. The minimum atomic E-state index is -0.427. The molecular weight excluding hydrogens is 148 g/mol. The second kappa shape index (κ2) is 4.70. The number of nitrogen functional groups attached to an aromatic ring is 1. The van der Waals surface area contributed by atoms with Gasteiger partial charge in [-0.25, -0.2) is 0 Å². The van der Waals surface area contributed by atoms with Crippen LogP contribution in [0.25, 0.3) is 0 Å².